The maximum absolute atomic E-state index is 12.9. The lowest BCUT2D eigenvalue weighted by Crippen LogP contribution is -2.23. The average molecular weight is 277 g/mol. The zero-order chi connectivity index (χ0) is 13.8. The zero-order valence-electron chi connectivity index (χ0n) is 10.2. The van der Waals surface area contributed by atoms with Gasteiger partial charge in [-0.15, -0.1) is 0 Å². The fraction of sp³-hybridized carbons (Fsp3) is 0.500. The van der Waals surface area contributed by atoms with Crippen molar-refractivity contribution in [2.24, 2.45) is 5.73 Å². The topological polar surface area (TPSA) is 60.2 Å². The van der Waals surface area contributed by atoms with E-state index >= 15 is 0 Å². The molecule has 2 N–H and O–H groups in total. The van der Waals surface area contributed by atoms with Gasteiger partial charge in [-0.25, -0.2) is 17.2 Å². The largest absolute Gasteiger partial charge is 0.327 e. The van der Waals surface area contributed by atoms with Gasteiger partial charge in [0.1, 0.15) is 21.5 Å². The summed E-state index contributed by atoms with van der Waals surface area (Å²) >= 11 is 0. The van der Waals surface area contributed by atoms with Crippen molar-refractivity contribution in [3.05, 3.63) is 35.4 Å². The fourth-order valence-electron chi connectivity index (χ4n) is 1.74. The van der Waals surface area contributed by atoms with Crippen molar-refractivity contribution in [3.8, 4) is 0 Å². The standard InChI is InChI=1S/C12H17F2NO2S/c1-18(16,17)4-2-3-12(15)7-9-5-10(13)8-11(14)6-9/h5-6,8,12H,2-4,7,15H2,1H3. The number of rotatable bonds is 6. The molecule has 1 rings (SSSR count). The van der Waals surface area contributed by atoms with E-state index in [0.717, 1.165) is 6.07 Å². The third kappa shape index (κ3) is 6.07. The Morgan fingerprint density at radius 1 is 1.22 bits per heavy atom. The first kappa shape index (κ1) is 15.0. The van der Waals surface area contributed by atoms with E-state index in [1.807, 2.05) is 0 Å². The van der Waals surface area contributed by atoms with Gasteiger partial charge in [0, 0.05) is 24.1 Å². The highest BCUT2D eigenvalue weighted by molar-refractivity contribution is 7.90. The van der Waals surface area contributed by atoms with Gasteiger partial charge in [-0.1, -0.05) is 0 Å². The second kappa shape index (κ2) is 6.24. The number of nitrogens with two attached hydrogens (primary N) is 1. The summed E-state index contributed by atoms with van der Waals surface area (Å²) in [6.45, 7) is 0. The Balaban J connectivity index is 2.47. The number of hydrogen-bond acceptors (Lipinski definition) is 3. The van der Waals surface area contributed by atoms with E-state index in [9.17, 15) is 17.2 Å². The van der Waals surface area contributed by atoms with Crippen LogP contribution in [0.2, 0.25) is 0 Å². The lowest BCUT2D eigenvalue weighted by Gasteiger charge is -2.11. The molecule has 0 spiro atoms. The summed E-state index contributed by atoms with van der Waals surface area (Å²) in [6.07, 6.45) is 2.46. The zero-order valence-corrected chi connectivity index (χ0v) is 11.0. The highest BCUT2D eigenvalue weighted by Gasteiger charge is 2.09. The molecule has 0 heterocycles. The Kier molecular flexibility index (Phi) is 5.22. The van der Waals surface area contributed by atoms with E-state index in [1.54, 1.807) is 0 Å². The Labute approximate surface area is 106 Å². The van der Waals surface area contributed by atoms with E-state index in [2.05, 4.69) is 0 Å². The molecule has 0 aliphatic rings. The van der Waals surface area contributed by atoms with E-state index in [4.69, 9.17) is 5.73 Å². The highest BCUT2D eigenvalue weighted by atomic mass is 32.2. The van der Waals surface area contributed by atoms with Gasteiger partial charge in [-0.05, 0) is 37.0 Å². The van der Waals surface area contributed by atoms with Crippen LogP contribution in [-0.2, 0) is 16.3 Å². The van der Waals surface area contributed by atoms with Crippen LogP contribution >= 0.6 is 0 Å². The monoisotopic (exact) mass is 277 g/mol. The lowest BCUT2D eigenvalue weighted by atomic mass is 10.0. The maximum atomic E-state index is 12.9. The Bertz CT molecular complexity index is 483. The molecule has 102 valence electrons. The molecule has 0 aliphatic heterocycles. The molecule has 6 heteroatoms. The molecule has 3 nitrogen and oxygen atoms in total. The second-order valence-corrected chi connectivity index (χ2v) is 6.77. The van der Waals surface area contributed by atoms with Crippen LogP contribution in [0.15, 0.2) is 18.2 Å². The van der Waals surface area contributed by atoms with Gasteiger partial charge in [0.25, 0.3) is 0 Å². The van der Waals surface area contributed by atoms with Crippen LogP contribution in [0, 0.1) is 11.6 Å². The van der Waals surface area contributed by atoms with Gasteiger partial charge in [0.05, 0.1) is 0 Å². The molecule has 1 atom stereocenters. The number of benzene rings is 1. The summed E-state index contributed by atoms with van der Waals surface area (Å²) < 4.78 is 47.7. The van der Waals surface area contributed by atoms with Crippen molar-refractivity contribution in [2.45, 2.75) is 25.3 Å². The quantitative estimate of drug-likeness (QED) is 0.860. The van der Waals surface area contributed by atoms with Crippen LogP contribution in [0.3, 0.4) is 0 Å². The van der Waals surface area contributed by atoms with Crippen LogP contribution < -0.4 is 5.73 Å². The number of hydrogen-bond donors (Lipinski definition) is 1. The normalized spacial score (nSPS) is 13.6. The molecule has 1 aromatic rings. The third-order valence-electron chi connectivity index (χ3n) is 2.51. The lowest BCUT2D eigenvalue weighted by molar-refractivity contribution is 0.563. The Morgan fingerprint density at radius 3 is 2.28 bits per heavy atom. The first-order valence-electron chi connectivity index (χ1n) is 5.64. The van der Waals surface area contributed by atoms with E-state index in [0.29, 0.717) is 24.8 Å². The summed E-state index contributed by atoms with van der Waals surface area (Å²) in [4.78, 5) is 0. The number of sulfone groups is 1. The molecular formula is C12H17F2NO2S. The molecule has 0 aromatic heterocycles. The second-order valence-electron chi connectivity index (χ2n) is 4.51. The van der Waals surface area contributed by atoms with Crippen molar-refractivity contribution >= 4 is 9.84 Å². The molecule has 1 unspecified atom stereocenters. The van der Waals surface area contributed by atoms with Gasteiger partial charge in [-0.2, -0.15) is 0 Å². The van der Waals surface area contributed by atoms with Crippen molar-refractivity contribution in [1.29, 1.82) is 0 Å². The first-order chi connectivity index (χ1) is 8.26. The van der Waals surface area contributed by atoms with Crippen LogP contribution in [0.4, 0.5) is 8.78 Å². The summed E-state index contributed by atoms with van der Waals surface area (Å²) in [5.74, 6) is -1.18. The Morgan fingerprint density at radius 2 is 1.78 bits per heavy atom. The van der Waals surface area contributed by atoms with Crippen molar-refractivity contribution < 1.29 is 17.2 Å². The SMILES string of the molecule is CS(=O)(=O)CCCC(N)Cc1cc(F)cc(F)c1. The molecule has 0 fully saturated rings. The van der Waals surface area contributed by atoms with Gasteiger partial charge in [0.15, 0.2) is 0 Å². The third-order valence-corrected chi connectivity index (χ3v) is 3.54. The molecule has 0 amide bonds. The van der Waals surface area contributed by atoms with Gasteiger partial charge < -0.3 is 5.73 Å². The minimum atomic E-state index is -2.98. The molecule has 1 aromatic carbocycles. The minimum Gasteiger partial charge on any atom is -0.327 e. The molecule has 0 saturated carbocycles. The fourth-order valence-corrected chi connectivity index (χ4v) is 2.43. The minimum absolute atomic E-state index is 0.0816. The molecule has 0 bridgehead atoms. The smallest absolute Gasteiger partial charge is 0.147 e. The van der Waals surface area contributed by atoms with Crippen LogP contribution in [0.5, 0.6) is 0 Å². The van der Waals surface area contributed by atoms with Crippen LogP contribution in [-0.4, -0.2) is 26.5 Å². The van der Waals surface area contributed by atoms with Crippen molar-refractivity contribution in [2.75, 3.05) is 12.0 Å². The predicted octanol–water partition coefficient (Wildman–Crippen LogP) is 1.66. The molecule has 0 aliphatic carbocycles. The van der Waals surface area contributed by atoms with E-state index < -0.39 is 21.5 Å². The van der Waals surface area contributed by atoms with Crippen molar-refractivity contribution in [3.63, 3.8) is 0 Å². The molecular weight excluding hydrogens is 260 g/mol. The average Bonchev–Trinajstić information content (AvgIpc) is 2.12. The van der Waals surface area contributed by atoms with Crippen LogP contribution in [0.1, 0.15) is 18.4 Å². The van der Waals surface area contributed by atoms with E-state index in [-0.39, 0.29) is 11.8 Å². The van der Waals surface area contributed by atoms with Gasteiger partial charge >= 0.3 is 0 Å². The summed E-state index contributed by atoms with van der Waals surface area (Å²) in [6, 6.07) is 2.98. The van der Waals surface area contributed by atoms with Crippen LogP contribution in [0.25, 0.3) is 0 Å². The van der Waals surface area contributed by atoms with E-state index in [1.165, 1.54) is 18.4 Å². The summed E-state index contributed by atoms with van der Waals surface area (Å²) in [7, 11) is -2.98. The summed E-state index contributed by atoms with van der Waals surface area (Å²) in [5.41, 5.74) is 6.28. The highest BCUT2D eigenvalue weighted by Crippen LogP contribution is 2.11. The van der Waals surface area contributed by atoms with Crippen molar-refractivity contribution in [1.82, 2.24) is 0 Å². The molecule has 18 heavy (non-hydrogen) atoms. The predicted molar refractivity (Wildman–Crippen MR) is 67.0 cm³/mol. The number of halogens is 2. The summed E-state index contributed by atoms with van der Waals surface area (Å²) in [5, 5.41) is 0. The molecule has 0 saturated heterocycles. The molecule has 0 radical (unpaired) electrons. The van der Waals surface area contributed by atoms with Gasteiger partial charge in [0.2, 0.25) is 0 Å². The maximum Gasteiger partial charge on any atom is 0.147 e. The Hall–Kier alpha value is -1.01. The van der Waals surface area contributed by atoms with Gasteiger partial charge in [-0.3, -0.25) is 0 Å². The first-order valence-corrected chi connectivity index (χ1v) is 7.70.